The molecule has 0 bridgehead atoms. The predicted octanol–water partition coefficient (Wildman–Crippen LogP) is 3.36. The second-order valence-corrected chi connectivity index (χ2v) is 5.97. The quantitative estimate of drug-likeness (QED) is 0.765. The first-order valence-corrected chi connectivity index (χ1v) is 7.77. The molecule has 0 aliphatic carbocycles. The molecule has 23 heavy (non-hydrogen) atoms. The molecule has 2 aromatic carbocycles. The molecule has 0 radical (unpaired) electrons. The molecule has 6 nitrogen and oxygen atoms in total. The highest BCUT2D eigenvalue weighted by Gasteiger charge is 2.14. The molecule has 0 spiro atoms. The SMILES string of the molecule is CC(=O)Nc1cccc(-n2nnnc2-c2ccc(Br)cc2)c1C. The third-order valence-corrected chi connectivity index (χ3v) is 3.94. The molecule has 1 N–H and O–H groups in total. The summed E-state index contributed by atoms with van der Waals surface area (Å²) in [5.41, 5.74) is 3.36. The number of nitrogens with zero attached hydrogens (tertiary/aromatic N) is 4. The van der Waals surface area contributed by atoms with E-state index in [-0.39, 0.29) is 5.91 Å². The standard InChI is InChI=1S/C16H14BrN5O/c1-10-14(18-11(2)23)4-3-5-15(10)22-16(19-20-21-22)12-6-8-13(17)9-7-12/h3-9H,1-2H3,(H,18,23). The average molecular weight is 372 g/mol. The minimum absolute atomic E-state index is 0.116. The molecule has 0 atom stereocenters. The summed E-state index contributed by atoms with van der Waals surface area (Å²) in [6, 6.07) is 13.4. The fraction of sp³-hybridized carbons (Fsp3) is 0.125. The summed E-state index contributed by atoms with van der Waals surface area (Å²) >= 11 is 3.42. The second kappa shape index (κ2) is 6.29. The third kappa shape index (κ3) is 3.14. The van der Waals surface area contributed by atoms with Crippen LogP contribution in [-0.4, -0.2) is 26.1 Å². The lowest BCUT2D eigenvalue weighted by atomic mass is 10.1. The van der Waals surface area contributed by atoms with E-state index in [1.54, 1.807) is 4.68 Å². The molecule has 1 heterocycles. The Morgan fingerprint density at radius 3 is 2.61 bits per heavy atom. The maximum atomic E-state index is 11.3. The summed E-state index contributed by atoms with van der Waals surface area (Å²) < 4.78 is 2.66. The smallest absolute Gasteiger partial charge is 0.221 e. The normalized spacial score (nSPS) is 10.6. The number of carbonyl (C=O) groups is 1. The van der Waals surface area contributed by atoms with Gasteiger partial charge >= 0.3 is 0 Å². The fourth-order valence-electron chi connectivity index (χ4n) is 2.31. The molecular weight excluding hydrogens is 358 g/mol. The summed E-state index contributed by atoms with van der Waals surface area (Å²) in [5.74, 6) is 0.524. The monoisotopic (exact) mass is 371 g/mol. The zero-order chi connectivity index (χ0) is 16.4. The molecule has 3 rings (SSSR count). The van der Waals surface area contributed by atoms with Crippen molar-refractivity contribution in [1.29, 1.82) is 0 Å². The highest BCUT2D eigenvalue weighted by atomic mass is 79.9. The molecule has 0 fully saturated rings. The Morgan fingerprint density at radius 1 is 1.17 bits per heavy atom. The minimum Gasteiger partial charge on any atom is -0.326 e. The van der Waals surface area contributed by atoms with Crippen molar-refractivity contribution in [2.75, 3.05) is 5.32 Å². The van der Waals surface area contributed by atoms with E-state index >= 15 is 0 Å². The van der Waals surface area contributed by atoms with Gasteiger partial charge in [0.15, 0.2) is 5.82 Å². The molecule has 1 amide bonds. The van der Waals surface area contributed by atoms with Crippen LogP contribution in [0.2, 0.25) is 0 Å². The summed E-state index contributed by atoms with van der Waals surface area (Å²) in [5, 5.41) is 14.8. The van der Waals surface area contributed by atoms with Crippen LogP contribution < -0.4 is 5.32 Å². The zero-order valence-corrected chi connectivity index (χ0v) is 14.2. The number of aromatic nitrogens is 4. The lowest BCUT2D eigenvalue weighted by Crippen LogP contribution is -2.09. The summed E-state index contributed by atoms with van der Waals surface area (Å²) in [7, 11) is 0. The molecule has 0 unspecified atom stereocenters. The maximum absolute atomic E-state index is 11.3. The number of anilines is 1. The number of nitrogens with one attached hydrogen (secondary N) is 1. The largest absolute Gasteiger partial charge is 0.326 e. The zero-order valence-electron chi connectivity index (χ0n) is 12.6. The van der Waals surface area contributed by atoms with Crippen LogP contribution in [0.4, 0.5) is 5.69 Å². The molecule has 3 aromatic rings. The van der Waals surface area contributed by atoms with Crippen molar-refractivity contribution < 1.29 is 4.79 Å². The van der Waals surface area contributed by atoms with Crippen molar-refractivity contribution in [2.24, 2.45) is 0 Å². The van der Waals surface area contributed by atoms with Gasteiger partial charge in [-0.3, -0.25) is 4.79 Å². The van der Waals surface area contributed by atoms with Crippen LogP contribution in [0.3, 0.4) is 0 Å². The van der Waals surface area contributed by atoms with Gasteiger partial charge in [0.1, 0.15) is 0 Å². The number of hydrogen-bond acceptors (Lipinski definition) is 4. The van der Waals surface area contributed by atoms with Crippen molar-refractivity contribution in [3.63, 3.8) is 0 Å². The number of hydrogen-bond donors (Lipinski definition) is 1. The van der Waals surface area contributed by atoms with E-state index in [0.717, 1.165) is 27.0 Å². The van der Waals surface area contributed by atoms with Crippen molar-refractivity contribution >= 4 is 27.5 Å². The van der Waals surface area contributed by atoms with Crippen molar-refractivity contribution in [3.05, 3.63) is 52.5 Å². The average Bonchev–Trinajstić information content (AvgIpc) is 2.99. The first kappa shape index (κ1) is 15.4. The van der Waals surface area contributed by atoms with Gasteiger partial charge in [-0.05, 0) is 47.2 Å². The van der Waals surface area contributed by atoms with E-state index in [1.807, 2.05) is 49.4 Å². The predicted molar refractivity (Wildman–Crippen MR) is 91.3 cm³/mol. The number of tetrazole rings is 1. The van der Waals surface area contributed by atoms with E-state index in [2.05, 4.69) is 36.8 Å². The summed E-state index contributed by atoms with van der Waals surface area (Å²) in [6.07, 6.45) is 0. The van der Waals surface area contributed by atoms with Gasteiger partial charge in [-0.2, -0.15) is 4.68 Å². The first-order valence-electron chi connectivity index (χ1n) is 6.98. The van der Waals surface area contributed by atoms with Gasteiger partial charge in [0, 0.05) is 22.6 Å². The van der Waals surface area contributed by atoms with Crippen LogP contribution in [-0.2, 0) is 4.79 Å². The Bertz CT molecular complexity index is 857. The highest BCUT2D eigenvalue weighted by Crippen LogP contribution is 2.26. The molecule has 0 saturated carbocycles. The maximum Gasteiger partial charge on any atom is 0.221 e. The number of amides is 1. The van der Waals surface area contributed by atoms with Crippen LogP contribution in [0.15, 0.2) is 46.9 Å². The summed E-state index contributed by atoms with van der Waals surface area (Å²) in [6.45, 7) is 3.41. The van der Waals surface area contributed by atoms with Crippen LogP contribution in [0.1, 0.15) is 12.5 Å². The third-order valence-electron chi connectivity index (χ3n) is 3.42. The number of carbonyl (C=O) groups excluding carboxylic acids is 1. The number of rotatable bonds is 3. The Kier molecular flexibility index (Phi) is 4.20. The van der Waals surface area contributed by atoms with E-state index in [1.165, 1.54) is 6.92 Å². The highest BCUT2D eigenvalue weighted by molar-refractivity contribution is 9.10. The van der Waals surface area contributed by atoms with Gasteiger partial charge in [0.2, 0.25) is 5.91 Å². The Labute approximate surface area is 141 Å². The Morgan fingerprint density at radius 2 is 1.91 bits per heavy atom. The van der Waals surface area contributed by atoms with E-state index in [0.29, 0.717) is 5.82 Å². The van der Waals surface area contributed by atoms with E-state index in [4.69, 9.17) is 0 Å². The Hall–Kier alpha value is -2.54. The lowest BCUT2D eigenvalue weighted by molar-refractivity contribution is -0.114. The Balaban J connectivity index is 2.09. The lowest BCUT2D eigenvalue weighted by Gasteiger charge is -2.12. The summed E-state index contributed by atoms with van der Waals surface area (Å²) in [4.78, 5) is 11.3. The molecule has 0 aliphatic heterocycles. The fourth-order valence-corrected chi connectivity index (χ4v) is 2.57. The molecular formula is C16H14BrN5O. The van der Waals surface area contributed by atoms with Crippen LogP contribution >= 0.6 is 15.9 Å². The van der Waals surface area contributed by atoms with Crippen LogP contribution in [0, 0.1) is 6.92 Å². The first-order chi connectivity index (χ1) is 11.1. The van der Waals surface area contributed by atoms with Gasteiger partial charge in [-0.25, -0.2) is 0 Å². The molecule has 1 aromatic heterocycles. The van der Waals surface area contributed by atoms with Gasteiger partial charge in [-0.1, -0.05) is 34.1 Å². The molecule has 116 valence electrons. The topological polar surface area (TPSA) is 72.7 Å². The van der Waals surface area contributed by atoms with Gasteiger partial charge in [0.05, 0.1) is 5.69 Å². The van der Waals surface area contributed by atoms with Crippen molar-refractivity contribution in [3.8, 4) is 17.1 Å². The van der Waals surface area contributed by atoms with Crippen LogP contribution in [0.25, 0.3) is 17.1 Å². The van der Waals surface area contributed by atoms with Gasteiger partial charge in [0.25, 0.3) is 0 Å². The van der Waals surface area contributed by atoms with Gasteiger partial charge < -0.3 is 5.32 Å². The van der Waals surface area contributed by atoms with E-state index < -0.39 is 0 Å². The number of benzene rings is 2. The molecule has 0 aliphatic rings. The number of halogens is 1. The second-order valence-electron chi connectivity index (χ2n) is 5.05. The van der Waals surface area contributed by atoms with Crippen molar-refractivity contribution in [2.45, 2.75) is 13.8 Å². The van der Waals surface area contributed by atoms with Gasteiger partial charge in [-0.15, -0.1) is 5.10 Å². The van der Waals surface area contributed by atoms with Crippen molar-refractivity contribution in [1.82, 2.24) is 20.2 Å². The van der Waals surface area contributed by atoms with Crippen LogP contribution in [0.5, 0.6) is 0 Å². The van der Waals surface area contributed by atoms with E-state index in [9.17, 15) is 4.79 Å². The molecule has 7 heteroatoms. The minimum atomic E-state index is -0.116. The molecule has 0 saturated heterocycles.